The van der Waals surface area contributed by atoms with Gasteiger partial charge in [-0.15, -0.1) is 0 Å². The van der Waals surface area contributed by atoms with Gasteiger partial charge in [0.1, 0.15) is 18.2 Å². The Balaban J connectivity index is 2.13. The van der Waals surface area contributed by atoms with Gasteiger partial charge in [0.25, 0.3) is 0 Å². The lowest BCUT2D eigenvalue weighted by molar-refractivity contribution is 0.300. The van der Waals surface area contributed by atoms with Gasteiger partial charge in [-0.1, -0.05) is 33.6 Å². The highest BCUT2D eigenvalue weighted by Crippen LogP contribution is 2.28. The summed E-state index contributed by atoms with van der Waals surface area (Å²) in [7, 11) is 0. The van der Waals surface area contributed by atoms with Crippen LogP contribution in [0.1, 0.15) is 24.1 Å². The number of ether oxygens (including phenoxy) is 1. The summed E-state index contributed by atoms with van der Waals surface area (Å²) in [4.78, 5) is 0. The zero-order valence-corrected chi connectivity index (χ0v) is 13.2. The molecule has 2 nitrogen and oxygen atoms in total. The van der Waals surface area contributed by atoms with Crippen molar-refractivity contribution in [2.75, 3.05) is 0 Å². The minimum Gasteiger partial charge on any atom is -0.487 e. The molecule has 0 heterocycles. The molecule has 0 radical (unpaired) electrons. The fourth-order valence-corrected chi connectivity index (χ4v) is 2.38. The van der Waals surface area contributed by atoms with Gasteiger partial charge in [0, 0.05) is 16.1 Å². The van der Waals surface area contributed by atoms with E-state index in [-0.39, 0.29) is 18.5 Å². The van der Waals surface area contributed by atoms with Crippen molar-refractivity contribution in [1.82, 2.24) is 0 Å². The molecule has 0 aliphatic rings. The van der Waals surface area contributed by atoms with Crippen LogP contribution >= 0.6 is 27.5 Å². The van der Waals surface area contributed by atoms with Crippen LogP contribution in [0.4, 0.5) is 4.39 Å². The molecule has 0 aliphatic heterocycles. The smallest absolute Gasteiger partial charge is 0.138 e. The molecule has 0 saturated heterocycles. The minimum absolute atomic E-state index is 0.0935. The highest BCUT2D eigenvalue weighted by atomic mass is 79.9. The molecule has 0 saturated carbocycles. The molecule has 0 spiro atoms. The Kier molecular flexibility index (Phi) is 5.02. The van der Waals surface area contributed by atoms with Crippen molar-refractivity contribution >= 4 is 27.5 Å². The quantitative estimate of drug-likeness (QED) is 0.848. The van der Waals surface area contributed by atoms with Crippen LogP contribution < -0.4 is 10.5 Å². The summed E-state index contributed by atoms with van der Waals surface area (Å²) in [6.45, 7) is 1.99. The van der Waals surface area contributed by atoms with E-state index in [1.807, 2.05) is 13.0 Å². The van der Waals surface area contributed by atoms with Crippen LogP contribution in [-0.4, -0.2) is 0 Å². The van der Waals surface area contributed by atoms with E-state index in [4.69, 9.17) is 22.1 Å². The van der Waals surface area contributed by atoms with Crippen molar-refractivity contribution in [2.45, 2.75) is 19.6 Å². The van der Waals surface area contributed by atoms with Gasteiger partial charge in [-0.2, -0.15) is 0 Å². The van der Waals surface area contributed by atoms with Gasteiger partial charge in [0.15, 0.2) is 0 Å². The van der Waals surface area contributed by atoms with Gasteiger partial charge in [0.2, 0.25) is 0 Å². The third-order valence-corrected chi connectivity index (χ3v) is 3.66. The summed E-state index contributed by atoms with van der Waals surface area (Å²) in [5, 5.41) is 0.468. The topological polar surface area (TPSA) is 35.2 Å². The standard InChI is InChI=1S/C15H14BrClFNO/c1-9(19)10-2-5-15(13(17)7-10)20-8-11-6-12(16)3-4-14(11)18/h2-7,9H,8,19H2,1H3/t9-/m0/s1. The van der Waals surface area contributed by atoms with Gasteiger partial charge in [0.05, 0.1) is 5.02 Å². The third-order valence-electron chi connectivity index (χ3n) is 2.87. The minimum atomic E-state index is -0.309. The Morgan fingerprint density at radius 3 is 2.70 bits per heavy atom. The first-order chi connectivity index (χ1) is 9.47. The second-order valence-corrected chi connectivity index (χ2v) is 5.83. The van der Waals surface area contributed by atoms with Crippen LogP contribution in [0.5, 0.6) is 5.75 Å². The van der Waals surface area contributed by atoms with Crippen LogP contribution in [0.25, 0.3) is 0 Å². The van der Waals surface area contributed by atoms with E-state index in [1.54, 1.807) is 24.3 Å². The maximum atomic E-state index is 13.6. The van der Waals surface area contributed by atoms with E-state index in [1.165, 1.54) is 6.07 Å². The normalized spacial score (nSPS) is 12.2. The summed E-state index contributed by atoms with van der Waals surface area (Å²) in [6.07, 6.45) is 0. The Bertz CT molecular complexity index is 619. The van der Waals surface area contributed by atoms with Crippen molar-refractivity contribution in [1.29, 1.82) is 0 Å². The van der Waals surface area contributed by atoms with Crippen LogP contribution in [0, 0.1) is 5.82 Å². The van der Waals surface area contributed by atoms with Crippen molar-refractivity contribution in [3.05, 3.63) is 62.8 Å². The molecule has 0 unspecified atom stereocenters. The molecule has 20 heavy (non-hydrogen) atoms. The fourth-order valence-electron chi connectivity index (χ4n) is 1.73. The predicted octanol–water partition coefficient (Wildman–Crippen LogP) is 4.84. The Labute approximate surface area is 130 Å². The molecule has 2 rings (SSSR count). The highest BCUT2D eigenvalue weighted by molar-refractivity contribution is 9.10. The molecule has 0 fully saturated rings. The van der Waals surface area contributed by atoms with Crippen LogP contribution in [0.2, 0.25) is 5.02 Å². The summed E-state index contributed by atoms with van der Waals surface area (Å²) < 4.78 is 20.0. The van der Waals surface area contributed by atoms with Crippen molar-refractivity contribution in [2.24, 2.45) is 5.73 Å². The second kappa shape index (κ2) is 6.57. The van der Waals surface area contributed by atoms with Crippen molar-refractivity contribution in [3.63, 3.8) is 0 Å². The summed E-state index contributed by atoms with van der Waals surface area (Å²) in [6, 6.07) is 9.98. The van der Waals surface area contributed by atoms with E-state index in [0.717, 1.165) is 10.0 Å². The van der Waals surface area contributed by atoms with Gasteiger partial charge < -0.3 is 10.5 Å². The molecule has 2 aromatic carbocycles. The van der Waals surface area contributed by atoms with Gasteiger partial charge >= 0.3 is 0 Å². The van der Waals surface area contributed by atoms with Crippen LogP contribution in [0.3, 0.4) is 0 Å². The zero-order valence-electron chi connectivity index (χ0n) is 10.9. The van der Waals surface area contributed by atoms with E-state index < -0.39 is 0 Å². The maximum Gasteiger partial charge on any atom is 0.138 e. The third kappa shape index (κ3) is 3.72. The number of hydrogen-bond donors (Lipinski definition) is 1. The highest BCUT2D eigenvalue weighted by Gasteiger charge is 2.08. The second-order valence-electron chi connectivity index (χ2n) is 4.50. The average molecular weight is 359 g/mol. The molecule has 2 N–H and O–H groups in total. The predicted molar refractivity (Wildman–Crippen MR) is 82.5 cm³/mol. The largest absolute Gasteiger partial charge is 0.487 e. The molecule has 1 atom stereocenters. The number of benzene rings is 2. The number of nitrogens with two attached hydrogens (primary N) is 1. The number of rotatable bonds is 4. The lowest BCUT2D eigenvalue weighted by atomic mass is 10.1. The van der Waals surface area contributed by atoms with E-state index in [2.05, 4.69) is 15.9 Å². The molecule has 0 aromatic heterocycles. The number of halogens is 3. The molecule has 0 amide bonds. The first-order valence-corrected chi connectivity index (χ1v) is 7.26. The van der Waals surface area contributed by atoms with Crippen molar-refractivity contribution in [3.8, 4) is 5.75 Å². The molecular formula is C15H14BrClFNO. The average Bonchev–Trinajstić information content (AvgIpc) is 2.40. The molecule has 2 aromatic rings. The van der Waals surface area contributed by atoms with Gasteiger partial charge in [-0.25, -0.2) is 4.39 Å². The van der Waals surface area contributed by atoms with E-state index in [0.29, 0.717) is 16.3 Å². The monoisotopic (exact) mass is 357 g/mol. The first kappa shape index (κ1) is 15.3. The Morgan fingerprint density at radius 2 is 2.05 bits per heavy atom. The molecule has 106 valence electrons. The lowest BCUT2D eigenvalue weighted by Crippen LogP contribution is -2.05. The van der Waals surface area contributed by atoms with Crippen LogP contribution in [-0.2, 0) is 6.61 Å². The molecular weight excluding hydrogens is 345 g/mol. The lowest BCUT2D eigenvalue weighted by Gasteiger charge is -2.12. The Morgan fingerprint density at radius 1 is 1.30 bits per heavy atom. The van der Waals surface area contributed by atoms with E-state index in [9.17, 15) is 4.39 Å². The SMILES string of the molecule is C[C@H](N)c1ccc(OCc2cc(Br)ccc2F)c(Cl)c1. The molecule has 5 heteroatoms. The zero-order chi connectivity index (χ0) is 14.7. The van der Waals surface area contributed by atoms with Crippen molar-refractivity contribution < 1.29 is 9.13 Å². The van der Waals surface area contributed by atoms with Crippen LogP contribution in [0.15, 0.2) is 40.9 Å². The van der Waals surface area contributed by atoms with Gasteiger partial charge in [-0.05, 0) is 42.8 Å². The van der Waals surface area contributed by atoms with Gasteiger partial charge in [-0.3, -0.25) is 0 Å². The first-order valence-electron chi connectivity index (χ1n) is 6.09. The summed E-state index contributed by atoms with van der Waals surface area (Å²) >= 11 is 9.43. The Hall–Kier alpha value is -1.10. The maximum absolute atomic E-state index is 13.6. The molecule has 0 bridgehead atoms. The summed E-state index contributed by atoms with van der Waals surface area (Å²) in [5.41, 5.74) is 7.17. The molecule has 0 aliphatic carbocycles. The van der Waals surface area contributed by atoms with E-state index >= 15 is 0 Å². The fraction of sp³-hybridized carbons (Fsp3) is 0.200. The number of hydrogen-bond acceptors (Lipinski definition) is 2. The summed E-state index contributed by atoms with van der Waals surface area (Å²) in [5.74, 6) is 0.201.